The monoisotopic (exact) mass is 451 g/mol. The number of anilines is 1. The van der Waals surface area contributed by atoms with E-state index in [0.717, 1.165) is 6.42 Å². The van der Waals surface area contributed by atoms with Crippen LogP contribution in [0.5, 0.6) is 5.88 Å². The largest absolute Gasteiger partial charge is 0.471 e. The summed E-state index contributed by atoms with van der Waals surface area (Å²) in [5.41, 5.74) is 0.923. The molecule has 2 amide bonds. The molecule has 158 valence electrons. The number of carbonyl (C=O) groups is 2. The Kier molecular flexibility index (Phi) is 6.26. The number of nitrogens with one attached hydrogen (secondary N) is 1. The van der Waals surface area contributed by atoms with Crippen molar-refractivity contribution in [2.75, 3.05) is 31.2 Å². The smallest absolute Gasteiger partial charge is 0.414 e. The molecule has 2 aliphatic heterocycles. The molecule has 10 heteroatoms. The normalized spacial score (nSPS) is 20.9. The van der Waals surface area contributed by atoms with Gasteiger partial charge in [0.25, 0.3) is 5.91 Å². The zero-order valence-electron chi connectivity index (χ0n) is 15.8. The molecule has 2 atom stereocenters. The lowest BCUT2D eigenvalue weighted by Gasteiger charge is -2.14. The van der Waals surface area contributed by atoms with Crippen LogP contribution in [0, 0.1) is 0 Å². The molecule has 1 aromatic heterocycles. The molecule has 8 nitrogen and oxygen atoms in total. The van der Waals surface area contributed by atoms with Crippen LogP contribution in [0.15, 0.2) is 36.5 Å². The quantitative estimate of drug-likeness (QED) is 0.724. The summed E-state index contributed by atoms with van der Waals surface area (Å²) in [6.45, 7) is 1.58. The third-order valence-electron chi connectivity index (χ3n) is 4.72. The number of cyclic esters (lactones) is 1. The average molecular weight is 452 g/mol. The number of ether oxygens (including phenoxy) is 3. The van der Waals surface area contributed by atoms with Gasteiger partial charge in [-0.3, -0.25) is 9.69 Å². The van der Waals surface area contributed by atoms with E-state index in [1.54, 1.807) is 24.3 Å². The fourth-order valence-electron chi connectivity index (χ4n) is 3.19. The zero-order valence-corrected chi connectivity index (χ0v) is 17.4. The van der Waals surface area contributed by atoms with Gasteiger partial charge in [-0.15, -0.1) is 0 Å². The lowest BCUT2D eigenvalue weighted by atomic mass is 10.2. The van der Waals surface area contributed by atoms with Crippen LogP contribution < -0.4 is 15.0 Å². The van der Waals surface area contributed by atoms with Crippen molar-refractivity contribution in [3.63, 3.8) is 0 Å². The molecule has 0 radical (unpaired) electrons. The van der Waals surface area contributed by atoms with Crippen LogP contribution >= 0.6 is 23.2 Å². The summed E-state index contributed by atoms with van der Waals surface area (Å²) in [5.74, 6) is -0.108. The van der Waals surface area contributed by atoms with Crippen molar-refractivity contribution in [2.24, 2.45) is 0 Å². The SMILES string of the molecule is O=C(NCC1CN(c2cccc(Cl)c2)C(=O)O1)c1cnc(OC2CCOC2)c(Cl)c1. The Morgan fingerprint density at radius 1 is 1.33 bits per heavy atom. The van der Waals surface area contributed by atoms with Crippen LogP contribution in [0.1, 0.15) is 16.8 Å². The molecular weight excluding hydrogens is 433 g/mol. The van der Waals surface area contributed by atoms with Gasteiger partial charge in [0.2, 0.25) is 5.88 Å². The first-order valence-electron chi connectivity index (χ1n) is 9.41. The fraction of sp³-hybridized carbons (Fsp3) is 0.350. The van der Waals surface area contributed by atoms with E-state index in [0.29, 0.717) is 30.5 Å². The van der Waals surface area contributed by atoms with Crippen molar-refractivity contribution >= 4 is 40.9 Å². The third kappa shape index (κ3) is 4.77. The number of nitrogens with zero attached hydrogens (tertiary/aromatic N) is 2. The first-order chi connectivity index (χ1) is 14.5. The molecule has 4 rings (SSSR count). The number of carbonyl (C=O) groups excluding carboxylic acids is 2. The van der Waals surface area contributed by atoms with Gasteiger partial charge in [-0.05, 0) is 24.3 Å². The van der Waals surface area contributed by atoms with Gasteiger partial charge in [0.15, 0.2) is 0 Å². The van der Waals surface area contributed by atoms with Crippen LogP contribution in [0.25, 0.3) is 0 Å². The summed E-state index contributed by atoms with van der Waals surface area (Å²) in [6, 6.07) is 8.42. The van der Waals surface area contributed by atoms with Crippen molar-refractivity contribution in [1.29, 1.82) is 0 Å². The zero-order chi connectivity index (χ0) is 21.1. The highest BCUT2D eigenvalue weighted by molar-refractivity contribution is 6.32. The van der Waals surface area contributed by atoms with E-state index < -0.39 is 12.2 Å². The van der Waals surface area contributed by atoms with Gasteiger partial charge in [0.05, 0.1) is 31.9 Å². The maximum Gasteiger partial charge on any atom is 0.414 e. The Hall–Kier alpha value is -2.55. The maximum atomic E-state index is 12.4. The number of rotatable bonds is 6. The van der Waals surface area contributed by atoms with Crippen LogP contribution in [-0.4, -0.2) is 55.5 Å². The standard InChI is InChI=1S/C20H19Cl2N3O5/c21-13-2-1-3-14(7-13)25-10-16(30-20(25)27)9-23-18(26)12-6-17(22)19(24-8-12)29-15-4-5-28-11-15/h1-3,6-8,15-16H,4-5,9-11H2,(H,23,26). The van der Waals surface area contributed by atoms with Gasteiger partial charge in [0.1, 0.15) is 17.2 Å². The average Bonchev–Trinajstić information content (AvgIpc) is 3.37. The number of pyridine rings is 1. The van der Waals surface area contributed by atoms with E-state index in [-0.39, 0.29) is 35.0 Å². The summed E-state index contributed by atoms with van der Waals surface area (Å²) >= 11 is 12.2. The third-order valence-corrected chi connectivity index (χ3v) is 5.23. The molecule has 0 aliphatic carbocycles. The van der Waals surface area contributed by atoms with E-state index in [9.17, 15) is 9.59 Å². The molecule has 2 saturated heterocycles. The van der Waals surface area contributed by atoms with Gasteiger partial charge in [0, 0.05) is 23.3 Å². The number of benzene rings is 1. The van der Waals surface area contributed by atoms with E-state index in [1.165, 1.54) is 17.2 Å². The highest BCUT2D eigenvalue weighted by atomic mass is 35.5. The molecule has 0 spiro atoms. The minimum atomic E-state index is -0.492. The molecule has 2 aliphatic rings. The number of aromatic nitrogens is 1. The van der Waals surface area contributed by atoms with Gasteiger partial charge < -0.3 is 19.5 Å². The van der Waals surface area contributed by atoms with Gasteiger partial charge in [-0.1, -0.05) is 29.3 Å². The molecule has 2 unspecified atom stereocenters. The molecular formula is C20H19Cl2N3O5. The summed E-state index contributed by atoms with van der Waals surface area (Å²) in [4.78, 5) is 30.2. The summed E-state index contributed by atoms with van der Waals surface area (Å²) < 4.78 is 16.3. The van der Waals surface area contributed by atoms with Crippen molar-refractivity contribution in [2.45, 2.75) is 18.6 Å². The summed E-state index contributed by atoms with van der Waals surface area (Å²) in [6.07, 6.45) is 1.10. The Labute approximate surface area is 183 Å². The van der Waals surface area contributed by atoms with Gasteiger partial charge in [-0.25, -0.2) is 9.78 Å². The number of halogens is 2. The predicted molar refractivity (Wildman–Crippen MR) is 110 cm³/mol. The number of hydrogen-bond donors (Lipinski definition) is 1. The van der Waals surface area contributed by atoms with E-state index in [4.69, 9.17) is 37.4 Å². The summed E-state index contributed by atoms with van der Waals surface area (Å²) in [7, 11) is 0. The number of amides is 2. The Morgan fingerprint density at radius 3 is 2.93 bits per heavy atom. The van der Waals surface area contributed by atoms with Gasteiger partial charge >= 0.3 is 6.09 Å². The highest BCUT2D eigenvalue weighted by Gasteiger charge is 2.32. The topological polar surface area (TPSA) is 90.0 Å². The van der Waals surface area contributed by atoms with Crippen molar-refractivity contribution in [3.8, 4) is 5.88 Å². The first-order valence-corrected chi connectivity index (χ1v) is 10.2. The Bertz CT molecular complexity index is 952. The van der Waals surface area contributed by atoms with Crippen molar-refractivity contribution in [3.05, 3.63) is 52.1 Å². The molecule has 3 heterocycles. The minimum Gasteiger partial charge on any atom is -0.471 e. The van der Waals surface area contributed by atoms with Crippen LogP contribution in [-0.2, 0) is 9.47 Å². The molecule has 2 aromatic rings. The van der Waals surface area contributed by atoms with E-state index in [2.05, 4.69) is 10.3 Å². The first kappa shape index (κ1) is 20.7. The molecule has 2 fully saturated rings. The van der Waals surface area contributed by atoms with E-state index in [1.807, 2.05) is 0 Å². The second-order valence-electron chi connectivity index (χ2n) is 6.92. The lowest BCUT2D eigenvalue weighted by molar-refractivity contribution is 0.0915. The van der Waals surface area contributed by atoms with Crippen molar-refractivity contribution in [1.82, 2.24) is 10.3 Å². The van der Waals surface area contributed by atoms with Gasteiger partial charge in [-0.2, -0.15) is 0 Å². The van der Waals surface area contributed by atoms with Crippen molar-refractivity contribution < 1.29 is 23.8 Å². The molecule has 0 saturated carbocycles. The fourth-order valence-corrected chi connectivity index (χ4v) is 3.59. The molecule has 1 aromatic carbocycles. The highest BCUT2D eigenvalue weighted by Crippen LogP contribution is 2.26. The lowest BCUT2D eigenvalue weighted by Crippen LogP contribution is -2.34. The predicted octanol–water partition coefficient (Wildman–Crippen LogP) is 3.31. The Balaban J connectivity index is 1.32. The second kappa shape index (κ2) is 9.07. The van der Waals surface area contributed by atoms with Crippen LogP contribution in [0.4, 0.5) is 10.5 Å². The van der Waals surface area contributed by atoms with E-state index >= 15 is 0 Å². The van der Waals surface area contributed by atoms with Crippen LogP contribution in [0.3, 0.4) is 0 Å². The maximum absolute atomic E-state index is 12.4. The summed E-state index contributed by atoms with van der Waals surface area (Å²) in [5, 5.41) is 3.50. The second-order valence-corrected chi connectivity index (χ2v) is 7.76. The molecule has 0 bridgehead atoms. The Morgan fingerprint density at radius 2 is 2.20 bits per heavy atom. The minimum absolute atomic E-state index is 0.0887. The molecule has 30 heavy (non-hydrogen) atoms. The van der Waals surface area contributed by atoms with Crippen LogP contribution in [0.2, 0.25) is 10.0 Å². The molecule has 1 N–H and O–H groups in total. The number of hydrogen-bond acceptors (Lipinski definition) is 6.